The van der Waals surface area contributed by atoms with E-state index in [9.17, 15) is 9.90 Å². The maximum Gasteiger partial charge on any atom is 0.241 e. The van der Waals surface area contributed by atoms with Crippen LogP contribution in [0.15, 0.2) is 30.3 Å². The van der Waals surface area contributed by atoms with Crippen LogP contribution in [0.1, 0.15) is 18.5 Å². The molecule has 0 saturated heterocycles. The number of nitrogens with one attached hydrogen (secondary N) is 1. The minimum absolute atomic E-state index is 0.171. The van der Waals surface area contributed by atoms with Gasteiger partial charge in [-0.15, -0.1) is 0 Å². The summed E-state index contributed by atoms with van der Waals surface area (Å²) in [6.07, 6.45) is 0. The first kappa shape index (κ1) is 15.6. The highest BCUT2D eigenvalue weighted by molar-refractivity contribution is 5.82. The van der Waals surface area contributed by atoms with E-state index in [1.54, 1.807) is 6.92 Å². The summed E-state index contributed by atoms with van der Waals surface area (Å²) in [6.45, 7) is 2.32. The van der Waals surface area contributed by atoms with Crippen LogP contribution >= 0.6 is 0 Å². The zero-order valence-corrected chi connectivity index (χ0v) is 11.8. The Hall–Kier alpha value is -1.43. The molecule has 1 rings (SSSR count). The Kier molecular flexibility index (Phi) is 5.47. The van der Waals surface area contributed by atoms with Crippen LogP contribution in [0.2, 0.25) is 0 Å². The van der Waals surface area contributed by atoms with Crippen molar-refractivity contribution in [2.24, 2.45) is 5.73 Å². The molecule has 1 unspecified atom stereocenters. The molecular weight excluding hydrogens is 242 g/mol. The molecule has 106 valence electrons. The third kappa shape index (κ3) is 5.38. The molecule has 5 nitrogen and oxygen atoms in total. The van der Waals surface area contributed by atoms with E-state index in [2.05, 4.69) is 5.32 Å². The minimum atomic E-state index is -0.977. The molecule has 0 radical (unpaired) electrons. The lowest BCUT2D eigenvalue weighted by Crippen LogP contribution is -2.48. The van der Waals surface area contributed by atoms with Crippen LogP contribution in [0.25, 0.3) is 0 Å². The Labute approximate surface area is 114 Å². The Bertz CT molecular complexity index is 404. The van der Waals surface area contributed by atoms with Gasteiger partial charge in [0.15, 0.2) is 0 Å². The summed E-state index contributed by atoms with van der Waals surface area (Å²) in [6, 6.07) is 8.45. The maximum atomic E-state index is 11.9. The topological polar surface area (TPSA) is 78.6 Å². The van der Waals surface area contributed by atoms with Crippen molar-refractivity contribution < 1.29 is 9.90 Å². The average Bonchev–Trinajstić information content (AvgIpc) is 2.34. The number of benzene rings is 1. The molecule has 1 amide bonds. The van der Waals surface area contributed by atoms with Crippen molar-refractivity contribution in [3.05, 3.63) is 35.9 Å². The second-order valence-electron chi connectivity index (χ2n) is 5.34. The molecule has 4 N–H and O–H groups in total. The van der Waals surface area contributed by atoms with Crippen LogP contribution in [-0.4, -0.2) is 48.7 Å². The first-order valence-corrected chi connectivity index (χ1v) is 6.27. The van der Waals surface area contributed by atoms with E-state index in [-0.39, 0.29) is 12.5 Å². The summed E-state index contributed by atoms with van der Waals surface area (Å²) in [7, 11) is 3.73. The fourth-order valence-electron chi connectivity index (χ4n) is 1.94. The van der Waals surface area contributed by atoms with Gasteiger partial charge in [-0.1, -0.05) is 30.3 Å². The molecular formula is C14H23N3O2. The third-order valence-corrected chi connectivity index (χ3v) is 2.74. The lowest BCUT2D eigenvalue weighted by atomic mass is 10.0. The van der Waals surface area contributed by atoms with Gasteiger partial charge in [0.2, 0.25) is 5.91 Å². The quantitative estimate of drug-likeness (QED) is 0.682. The lowest BCUT2D eigenvalue weighted by molar-refractivity contribution is -0.123. The third-order valence-electron chi connectivity index (χ3n) is 2.74. The predicted octanol–water partition coefficient (Wildman–Crippen LogP) is 0.115. The molecule has 1 aromatic rings. The van der Waals surface area contributed by atoms with Crippen LogP contribution in [0.4, 0.5) is 0 Å². The summed E-state index contributed by atoms with van der Waals surface area (Å²) in [5.74, 6) is -0.287. The van der Waals surface area contributed by atoms with Crippen molar-refractivity contribution >= 4 is 5.91 Å². The van der Waals surface area contributed by atoms with E-state index in [4.69, 9.17) is 5.73 Å². The molecule has 19 heavy (non-hydrogen) atoms. The zero-order valence-electron chi connectivity index (χ0n) is 11.8. The summed E-state index contributed by atoms with van der Waals surface area (Å²) < 4.78 is 0. The number of carbonyl (C=O) groups is 1. The molecule has 2 atom stereocenters. The van der Waals surface area contributed by atoms with Gasteiger partial charge in [0.05, 0.1) is 5.60 Å². The summed E-state index contributed by atoms with van der Waals surface area (Å²) in [5, 5.41) is 12.8. The van der Waals surface area contributed by atoms with E-state index in [0.29, 0.717) is 6.54 Å². The lowest BCUT2D eigenvalue weighted by Gasteiger charge is -2.27. The molecule has 0 aromatic heterocycles. The smallest absolute Gasteiger partial charge is 0.241 e. The fourth-order valence-corrected chi connectivity index (χ4v) is 1.94. The first-order chi connectivity index (χ1) is 8.82. The van der Waals surface area contributed by atoms with Gasteiger partial charge in [-0.2, -0.15) is 0 Å². The molecule has 0 aliphatic carbocycles. The standard InChI is InChI=1S/C14H23N3O2/c1-14(19,10-17(2)3)9-16-13(18)12(15)11-7-5-4-6-8-11/h4-8,12,19H,9-10,15H2,1-3H3,(H,16,18)/t12-,14?/m0/s1. The monoisotopic (exact) mass is 265 g/mol. The van der Waals surface area contributed by atoms with Crippen LogP contribution in [0.3, 0.4) is 0 Å². The molecule has 0 aliphatic heterocycles. The number of carbonyl (C=O) groups excluding carboxylic acids is 1. The van der Waals surface area contributed by atoms with Gasteiger partial charge in [0, 0.05) is 13.1 Å². The molecule has 0 heterocycles. The van der Waals surface area contributed by atoms with E-state index in [1.165, 1.54) is 0 Å². The van der Waals surface area contributed by atoms with Gasteiger partial charge in [-0.05, 0) is 26.6 Å². The maximum absolute atomic E-state index is 11.9. The molecule has 0 spiro atoms. The number of amides is 1. The Morgan fingerprint density at radius 1 is 1.42 bits per heavy atom. The normalized spacial score (nSPS) is 15.9. The van der Waals surface area contributed by atoms with Gasteiger partial charge in [-0.3, -0.25) is 4.79 Å². The highest BCUT2D eigenvalue weighted by Gasteiger charge is 2.24. The number of rotatable bonds is 6. The SMILES string of the molecule is CN(C)CC(C)(O)CNC(=O)[C@@H](N)c1ccccc1. The van der Waals surface area contributed by atoms with Crippen molar-refractivity contribution in [3.63, 3.8) is 0 Å². The predicted molar refractivity (Wildman–Crippen MR) is 75.6 cm³/mol. The Morgan fingerprint density at radius 2 is 2.00 bits per heavy atom. The summed E-state index contributed by atoms with van der Waals surface area (Å²) >= 11 is 0. The van der Waals surface area contributed by atoms with E-state index >= 15 is 0 Å². The number of aliphatic hydroxyl groups is 1. The van der Waals surface area contributed by atoms with Gasteiger partial charge < -0.3 is 21.1 Å². The Morgan fingerprint density at radius 3 is 2.53 bits per heavy atom. The van der Waals surface area contributed by atoms with Crippen LogP contribution in [-0.2, 0) is 4.79 Å². The van der Waals surface area contributed by atoms with Gasteiger partial charge in [0.25, 0.3) is 0 Å². The van der Waals surface area contributed by atoms with Crippen molar-refractivity contribution in [1.82, 2.24) is 10.2 Å². The molecule has 5 heteroatoms. The molecule has 0 fully saturated rings. The first-order valence-electron chi connectivity index (χ1n) is 6.27. The fraction of sp³-hybridized carbons (Fsp3) is 0.500. The summed E-state index contributed by atoms with van der Waals surface area (Å²) in [5.41, 5.74) is 5.65. The molecule has 1 aromatic carbocycles. The zero-order chi connectivity index (χ0) is 14.5. The van der Waals surface area contributed by atoms with Crippen molar-refractivity contribution in [3.8, 4) is 0 Å². The van der Waals surface area contributed by atoms with Crippen LogP contribution in [0.5, 0.6) is 0 Å². The van der Waals surface area contributed by atoms with E-state index in [0.717, 1.165) is 5.56 Å². The minimum Gasteiger partial charge on any atom is -0.387 e. The van der Waals surface area contributed by atoms with Crippen molar-refractivity contribution in [2.75, 3.05) is 27.2 Å². The number of hydrogen-bond donors (Lipinski definition) is 3. The van der Waals surface area contributed by atoms with Gasteiger partial charge in [0.1, 0.15) is 6.04 Å². The number of nitrogens with two attached hydrogens (primary N) is 1. The molecule has 0 aliphatic rings. The highest BCUT2D eigenvalue weighted by Crippen LogP contribution is 2.10. The second kappa shape index (κ2) is 6.65. The Balaban J connectivity index is 2.52. The van der Waals surface area contributed by atoms with Gasteiger partial charge in [-0.25, -0.2) is 0 Å². The summed E-state index contributed by atoms with van der Waals surface area (Å²) in [4.78, 5) is 13.8. The number of nitrogens with zero attached hydrogens (tertiary/aromatic N) is 1. The van der Waals surface area contributed by atoms with Crippen molar-refractivity contribution in [1.29, 1.82) is 0 Å². The number of likely N-dealkylation sites (N-methyl/N-ethyl adjacent to an activating group) is 1. The van der Waals surface area contributed by atoms with Crippen molar-refractivity contribution in [2.45, 2.75) is 18.6 Å². The van der Waals surface area contributed by atoms with Crippen LogP contribution in [0, 0.1) is 0 Å². The second-order valence-corrected chi connectivity index (χ2v) is 5.34. The number of hydrogen-bond acceptors (Lipinski definition) is 4. The molecule has 0 saturated carbocycles. The highest BCUT2D eigenvalue weighted by atomic mass is 16.3. The molecule has 0 bridgehead atoms. The average molecular weight is 265 g/mol. The van der Waals surface area contributed by atoms with Gasteiger partial charge >= 0.3 is 0 Å². The van der Waals surface area contributed by atoms with E-state index in [1.807, 2.05) is 49.3 Å². The van der Waals surface area contributed by atoms with Crippen LogP contribution < -0.4 is 11.1 Å². The van der Waals surface area contributed by atoms with E-state index < -0.39 is 11.6 Å². The largest absolute Gasteiger partial charge is 0.387 e.